The van der Waals surface area contributed by atoms with E-state index in [1.54, 1.807) is 0 Å². The average Bonchev–Trinajstić information content (AvgIpc) is 2.45. The van der Waals surface area contributed by atoms with Gasteiger partial charge in [0, 0.05) is 25.7 Å². The van der Waals surface area contributed by atoms with Crippen molar-refractivity contribution < 1.29 is 4.79 Å². The minimum absolute atomic E-state index is 0.0462. The van der Waals surface area contributed by atoms with Crippen LogP contribution in [-0.2, 0) is 0 Å². The first-order valence-corrected chi connectivity index (χ1v) is 5.49. The molecule has 1 aliphatic heterocycles. The predicted octanol–water partition coefficient (Wildman–Crippen LogP) is 0.919. The molecule has 0 radical (unpaired) electrons. The summed E-state index contributed by atoms with van der Waals surface area (Å²) in [5.41, 5.74) is 5.45. The molecule has 0 aromatic heterocycles. The lowest BCUT2D eigenvalue weighted by Gasteiger charge is -2.22. The minimum Gasteiger partial charge on any atom is -0.334 e. The third kappa shape index (κ3) is 3.54. The maximum Gasteiger partial charge on any atom is 0.317 e. The van der Waals surface area contributed by atoms with Crippen LogP contribution in [-0.4, -0.2) is 36.6 Å². The molecular formula is C10H21N3O. The van der Waals surface area contributed by atoms with Gasteiger partial charge in [-0.1, -0.05) is 12.8 Å². The molecule has 0 aromatic carbocycles. The Morgan fingerprint density at radius 2 is 1.93 bits per heavy atom. The van der Waals surface area contributed by atoms with Crippen LogP contribution in [0.25, 0.3) is 0 Å². The van der Waals surface area contributed by atoms with Crippen LogP contribution in [0.2, 0.25) is 0 Å². The molecule has 2 amide bonds. The number of carbonyl (C=O) groups is 1. The fourth-order valence-corrected chi connectivity index (χ4v) is 1.63. The zero-order chi connectivity index (χ0) is 10.4. The molecule has 1 saturated heterocycles. The van der Waals surface area contributed by atoms with E-state index < -0.39 is 0 Å². The number of urea groups is 1. The summed E-state index contributed by atoms with van der Waals surface area (Å²) >= 11 is 0. The highest BCUT2D eigenvalue weighted by Gasteiger charge is 2.16. The fourth-order valence-electron chi connectivity index (χ4n) is 1.63. The Morgan fingerprint density at radius 1 is 1.36 bits per heavy atom. The van der Waals surface area contributed by atoms with Crippen LogP contribution in [0.3, 0.4) is 0 Å². The highest BCUT2D eigenvalue weighted by Crippen LogP contribution is 2.09. The molecule has 14 heavy (non-hydrogen) atoms. The van der Waals surface area contributed by atoms with Gasteiger partial charge in [0.05, 0.1) is 0 Å². The normalized spacial score (nSPS) is 20.0. The van der Waals surface area contributed by atoms with E-state index in [0.717, 1.165) is 25.9 Å². The summed E-state index contributed by atoms with van der Waals surface area (Å²) in [5.74, 6) is 0. The molecule has 1 rings (SSSR count). The summed E-state index contributed by atoms with van der Waals surface area (Å²) in [6, 6.07) is 0.121. The minimum atomic E-state index is 0.0462. The van der Waals surface area contributed by atoms with Crippen LogP contribution in [0.4, 0.5) is 4.79 Å². The molecule has 0 aliphatic carbocycles. The number of nitrogens with two attached hydrogens (primary N) is 1. The maximum atomic E-state index is 11.7. The van der Waals surface area contributed by atoms with E-state index in [2.05, 4.69) is 5.32 Å². The fraction of sp³-hybridized carbons (Fsp3) is 0.900. The van der Waals surface area contributed by atoms with Crippen molar-refractivity contribution >= 4 is 6.03 Å². The molecule has 0 saturated carbocycles. The Morgan fingerprint density at radius 3 is 2.43 bits per heavy atom. The van der Waals surface area contributed by atoms with E-state index in [1.165, 1.54) is 12.8 Å². The molecule has 0 aromatic rings. The number of hydrogen-bond donors (Lipinski definition) is 2. The van der Waals surface area contributed by atoms with E-state index in [0.29, 0.717) is 6.54 Å². The number of hydrogen-bond acceptors (Lipinski definition) is 2. The smallest absolute Gasteiger partial charge is 0.317 e. The van der Waals surface area contributed by atoms with Crippen molar-refractivity contribution in [3.8, 4) is 0 Å². The highest BCUT2D eigenvalue weighted by atomic mass is 16.2. The molecule has 0 spiro atoms. The zero-order valence-electron chi connectivity index (χ0n) is 8.96. The molecule has 0 unspecified atom stereocenters. The summed E-state index contributed by atoms with van der Waals surface area (Å²) < 4.78 is 0. The van der Waals surface area contributed by atoms with Gasteiger partial charge in [-0.25, -0.2) is 4.79 Å². The van der Waals surface area contributed by atoms with Gasteiger partial charge in [-0.3, -0.25) is 0 Å². The topological polar surface area (TPSA) is 58.4 Å². The van der Waals surface area contributed by atoms with E-state index in [1.807, 2.05) is 11.8 Å². The maximum absolute atomic E-state index is 11.7. The Hall–Kier alpha value is -0.770. The van der Waals surface area contributed by atoms with Crippen LogP contribution in [0.15, 0.2) is 0 Å². The molecule has 82 valence electrons. The molecule has 4 heteroatoms. The second-order valence-electron chi connectivity index (χ2n) is 3.99. The monoisotopic (exact) mass is 199 g/mol. The first-order valence-electron chi connectivity index (χ1n) is 5.49. The van der Waals surface area contributed by atoms with Crippen molar-refractivity contribution in [3.05, 3.63) is 0 Å². The van der Waals surface area contributed by atoms with E-state index in [9.17, 15) is 4.79 Å². The third-order valence-electron chi connectivity index (χ3n) is 2.62. The van der Waals surface area contributed by atoms with Crippen molar-refractivity contribution in [2.45, 2.75) is 38.6 Å². The van der Waals surface area contributed by atoms with Crippen molar-refractivity contribution in [1.29, 1.82) is 0 Å². The van der Waals surface area contributed by atoms with Gasteiger partial charge in [-0.15, -0.1) is 0 Å². The number of nitrogens with one attached hydrogen (secondary N) is 1. The number of rotatable bonds is 2. The molecule has 0 bridgehead atoms. The first-order chi connectivity index (χ1) is 6.74. The van der Waals surface area contributed by atoms with E-state index in [4.69, 9.17) is 5.73 Å². The van der Waals surface area contributed by atoms with Gasteiger partial charge in [0.2, 0.25) is 0 Å². The van der Waals surface area contributed by atoms with E-state index >= 15 is 0 Å². The largest absolute Gasteiger partial charge is 0.334 e. The standard InChI is InChI=1S/C10H21N3O/c1-9(8-11)12-10(14)13-6-4-2-3-5-7-13/h9H,2-8,11H2,1H3,(H,12,14)/t9-/m1/s1. The zero-order valence-corrected chi connectivity index (χ0v) is 8.96. The quantitative estimate of drug-likeness (QED) is 0.694. The van der Waals surface area contributed by atoms with Gasteiger partial charge in [-0.2, -0.15) is 0 Å². The van der Waals surface area contributed by atoms with Crippen LogP contribution in [0.1, 0.15) is 32.6 Å². The second-order valence-corrected chi connectivity index (χ2v) is 3.99. The number of likely N-dealkylation sites (tertiary alicyclic amines) is 1. The summed E-state index contributed by atoms with van der Waals surface area (Å²) in [6.45, 7) is 4.21. The van der Waals surface area contributed by atoms with Crippen molar-refractivity contribution in [3.63, 3.8) is 0 Å². The molecule has 4 nitrogen and oxygen atoms in total. The van der Waals surface area contributed by atoms with Gasteiger partial charge in [-0.05, 0) is 19.8 Å². The van der Waals surface area contributed by atoms with Gasteiger partial charge in [0.25, 0.3) is 0 Å². The van der Waals surface area contributed by atoms with Gasteiger partial charge < -0.3 is 16.0 Å². The summed E-state index contributed by atoms with van der Waals surface area (Å²) in [4.78, 5) is 13.6. The van der Waals surface area contributed by atoms with Crippen LogP contribution < -0.4 is 11.1 Å². The lowest BCUT2D eigenvalue weighted by Crippen LogP contribution is -2.46. The molecule has 1 aliphatic rings. The van der Waals surface area contributed by atoms with E-state index in [-0.39, 0.29) is 12.1 Å². The predicted molar refractivity (Wildman–Crippen MR) is 57.1 cm³/mol. The third-order valence-corrected chi connectivity index (χ3v) is 2.62. The van der Waals surface area contributed by atoms with Gasteiger partial charge in [0.15, 0.2) is 0 Å². The van der Waals surface area contributed by atoms with Gasteiger partial charge >= 0.3 is 6.03 Å². The number of carbonyl (C=O) groups excluding carboxylic acids is 1. The second kappa shape index (κ2) is 5.86. The van der Waals surface area contributed by atoms with Crippen molar-refractivity contribution in [2.75, 3.05) is 19.6 Å². The number of nitrogens with zero attached hydrogens (tertiary/aromatic N) is 1. The Kier molecular flexibility index (Phi) is 4.73. The first kappa shape index (κ1) is 11.3. The SMILES string of the molecule is C[C@H](CN)NC(=O)N1CCCCCC1. The molecule has 3 N–H and O–H groups in total. The average molecular weight is 199 g/mol. The van der Waals surface area contributed by atoms with Crippen LogP contribution in [0.5, 0.6) is 0 Å². The van der Waals surface area contributed by atoms with Crippen LogP contribution in [0, 0.1) is 0 Å². The summed E-state index contributed by atoms with van der Waals surface area (Å²) in [5, 5.41) is 2.89. The molecule has 1 heterocycles. The van der Waals surface area contributed by atoms with Gasteiger partial charge in [0.1, 0.15) is 0 Å². The lowest BCUT2D eigenvalue weighted by atomic mass is 10.2. The number of amides is 2. The Bertz CT molecular complexity index is 176. The highest BCUT2D eigenvalue weighted by molar-refractivity contribution is 5.74. The molecular weight excluding hydrogens is 178 g/mol. The Labute approximate surface area is 85.8 Å². The molecule has 1 atom stereocenters. The summed E-state index contributed by atoms with van der Waals surface area (Å²) in [7, 11) is 0. The Balaban J connectivity index is 2.34. The summed E-state index contributed by atoms with van der Waals surface area (Å²) in [6.07, 6.45) is 4.75. The van der Waals surface area contributed by atoms with Crippen LogP contribution >= 0.6 is 0 Å². The molecule has 1 fully saturated rings. The van der Waals surface area contributed by atoms with Crippen molar-refractivity contribution in [1.82, 2.24) is 10.2 Å². The lowest BCUT2D eigenvalue weighted by molar-refractivity contribution is 0.196. The van der Waals surface area contributed by atoms with Crippen molar-refractivity contribution in [2.24, 2.45) is 5.73 Å².